The number of rotatable bonds is 2. The van der Waals surface area contributed by atoms with E-state index in [1.165, 1.54) is 0 Å². The molecule has 3 nitrogen and oxygen atoms in total. The zero-order valence-electron chi connectivity index (χ0n) is 5.80. The Morgan fingerprint density at radius 2 is 2.27 bits per heavy atom. The lowest BCUT2D eigenvalue weighted by Gasteiger charge is -2.02. The Balaban J connectivity index is 2.88. The predicted molar refractivity (Wildman–Crippen MR) is 47.8 cm³/mol. The molecule has 0 bridgehead atoms. The fourth-order valence-electron chi connectivity index (χ4n) is 0.631. The second-order valence-corrected chi connectivity index (χ2v) is 3.62. The van der Waals surface area contributed by atoms with Crippen molar-refractivity contribution in [1.29, 1.82) is 0 Å². The Morgan fingerprint density at radius 3 is 2.64 bits per heavy atom. The Labute approximate surface area is 81.1 Å². The van der Waals surface area contributed by atoms with Gasteiger partial charge in [0.2, 0.25) is 0 Å². The van der Waals surface area contributed by atoms with Crippen LogP contribution in [0, 0.1) is 0 Å². The summed E-state index contributed by atoms with van der Waals surface area (Å²) in [5.41, 5.74) is 0. The highest BCUT2D eigenvalue weighted by atomic mass is 79.9. The number of hydrogen-bond acceptors (Lipinski definition) is 3. The third-order valence-corrected chi connectivity index (χ3v) is 2.98. The van der Waals surface area contributed by atoms with Gasteiger partial charge in [-0.05, 0) is 44.8 Å². The van der Waals surface area contributed by atoms with Crippen molar-refractivity contribution in [1.82, 2.24) is 0 Å². The van der Waals surface area contributed by atoms with Crippen LogP contribution in [0.5, 0.6) is 0 Å². The van der Waals surface area contributed by atoms with Gasteiger partial charge in [-0.3, -0.25) is 4.84 Å². The van der Waals surface area contributed by atoms with Crippen molar-refractivity contribution < 1.29 is 9.25 Å². The van der Waals surface area contributed by atoms with Gasteiger partial charge >= 0.3 is 0 Å². The van der Waals surface area contributed by atoms with Gasteiger partial charge in [0, 0.05) is 0 Å². The second-order valence-electron chi connectivity index (χ2n) is 2.05. The molecule has 62 valence electrons. The summed E-state index contributed by atoms with van der Waals surface area (Å²) in [6, 6.07) is 1.81. The molecule has 1 aromatic rings. The van der Waals surface area contributed by atoms with Gasteiger partial charge in [0.1, 0.15) is 11.9 Å². The molecule has 2 N–H and O–H groups in total. The fourth-order valence-corrected chi connectivity index (χ4v) is 1.24. The van der Waals surface area contributed by atoms with Crippen LogP contribution in [0.4, 0.5) is 0 Å². The smallest absolute Gasteiger partial charge is 0.183 e. The summed E-state index contributed by atoms with van der Waals surface area (Å²) in [6.07, 6.45) is -0.224. The molecular weight excluding hydrogens is 278 g/mol. The summed E-state index contributed by atoms with van der Waals surface area (Å²) >= 11 is 6.48. The largest absolute Gasteiger partial charge is 0.450 e. The van der Waals surface area contributed by atoms with Crippen molar-refractivity contribution in [3.05, 3.63) is 21.0 Å². The van der Waals surface area contributed by atoms with Crippen molar-refractivity contribution in [2.24, 2.45) is 5.90 Å². The SMILES string of the molecule is CC(ON)c1cc(Br)c(Br)o1. The van der Waals surface area contributed by atoms with Gasteiger partial charge in [0.25, 0.3) is 0 Å². The Bertz CT molecular complexity index is 229. The summed E-state index contributed by atoms with van der Waals surface area (Å²) in [5, 5.41) is 0. The number of hydrogen-bond donors (Lipinski definition) is 1. The summed E-state index contributed by atoms with van der Waals surface area (Å²) < 4.78 is 6.74. The molecule has 0 saturated carbocycles. The molecule has 0 aliphatic heterocycles. The van der Waals surface area contributed by atoms with E-state index in [4.69, 9.17) is 10.3 Å². The lowest BCUT2D eigenvalue weighted by atomic mass is 10.3. The molecule has 1 unspecified atom stereocenters. The molecule has 0 amide bonds. The highest BCUT2D eigenvalue weighted by Crippen LogP contribution is 2.30. The van der Waals surface area contributed by atoms with Gasteiger partial charge < -0.3 is 4.42 Å². The molecule has 0 aliphatic carbocycles. The number of furan rings is 1. The van der Waals surface area contributed by atoms with Gasteiger partial charge in [-0.1, -0.05) is 0 Å². The van der Waals surface area contributed by atoms with Gasteiger partial charge in [0.05, 0.1) is 4.47 Å². The maximum Gasteiger partial charge on any atom is 0.183 e. The molecular formula is C6H7Br2NO2. The average Bonchev–Trinajstić information content (AvgIpc) is 2.31. The van der Waals surface area contributed by atoms with E-state index in [1.807, 2.05) is 6.07 Å². The van der Waals surface area contributed by atoms with E-state index in [1.54, 1.807) is 6.92 Å². The number of nitrogens with two attached hydrogens (primary N) is 1. The van der Waals surface area contributed by atoms with E-state index in [9.17, 15) is 0 Å². The van der Waals surface area contributed by atoms with Gasteiger partial charge in [-0.2, -0.15) is 0 Å². The van der Waals surface area contributed by atoms with Crippen LogP contribution in [0.1, 0.15) is 18.8 Å². The molecule has 0 saturated heterocycles. The van der Waals surface area contributed by atoms with Crippen LogP contribution in [-0.4, -0.2) is 0 Å². The molecule has 5 heteroatoms. The molecule has 0 spiro atoms. The van der Waals surface area contributed by atoms with E-state index >= 15 is 0 Å². The first-order valence-electron chi connectivity index (χ1n) is 2.95. The maximum atomic E-state index is 5.23. The van der Waals surface area contributed by atoms with Gasteiger partial charge in [0.15, 0.2) is 4.67 Å². The molecule has 0 aliphatic rings. The molecule has 0 fully saturated rings. The fraction of sp³-hybridized carbons (Fsp3) is 0.333. The Kier molecular flexibility index (Phi) is 3.12. The normalized spacial score (nSPS) is 13.5. The first kappa shape index (κ1) is 9.25. The molecule has 1 rings (SSSR count). The van der Waals surface area contributed by atoms with Crippen molar-refractivity contribution in [2.45, 2.75) is 13.0 Å². The van der Waals surface area contributed by atoms with Crippen molar-refractivity contribution in [3.63, 3.8) is 0 Å². The zero-order chi connectivity index (χ0) is 8.43. The van der Waals surface area contributed by atoms with E-state index < -0.39 is 0 Å². The molecule has 11 heavy (non-hydrogen) atoms. The monoisotopic (exact) mass is 283 g/mol. The van der Waals surface area contributed by atoms with E-state index in [-0.39, 0.29) is 6.10 Å². The lowest BCUT2D eigenvalue weighted by molar-refractivity contribution is 0.0502. The highest BCUT2D eigenvalue weighted by Gasteiger charge is 2.12. The minimum atomic E-state index is -0.224. The van der Waals surface area contributed by atoms with Crippen LogP contribution < -0.4 is 5.90 Å². The van der Waals surface area contributed by atoms with Gasteiger partial charge in [-0.25, -0.2) is 5.90 Å². The quantitative estimate of drug-likeness (QED) is 0.850. The average molecular weight is 285 g/mol. The standard InChI is InChI=1S/C6H7Br2NO2/c1-3(11-9)5-2-4(7)6(8)10-5/h2-3H,9H2,1H3. The minimum absolute atomic E-state index is 0.224. The van der Waals surface area contributed by atoms with E-state index in [2.05, 4.69) is 36.7 Å². The third kappa shape index (κ3) is 2.05. The Morgan fingerprint density at radius 1 is 1.64 bits per heavy atom. The van der Waals surface area contributed by atoms with E-state index in [0.29, 0.717) is 10.4 Å². The first-order valence-corrected chi connectivity index (χ1v) is 4.54. The summed E-state index contributed by atoms with van der Waals surface area (Å²) in [6.45, 7) is 1.80. The second kappa shape index (κ2) is 3.71. The lowest BCUT2D eigenvalue weighted by Crippen LogP contribution is -2.03. The molecule has 1 aromatic heterocycles. The molecule has 0 radical (unpaired) electrons. The van der Waals surface area contributed by atoms with Crippen LogP contribution in [0.2, 0.25) is 0 Å². The van der Waals surface area contributed by atoms with Crippen molar-refractivity contribution >= 4 is 31.9 Å². The highest BCUT2D eigenvalue weighted by molar-refractivity contribution is 9.13. The molecule has 1 heterocycles. The minimum Gasteiger partial charge on any atom is -0.450 e. The van der Waals surface area contributed by atoms with E-state index in [0.717, 1.165) is 4.47 Å². The Hall–Kier alpha value is 0.160. The zero-order valence-corrected chi connectivity index (χ0v) is 8.98. The topological polar surface area (TPSA) is 48.4 Å². The van der Waals surface area contributed by atoms with Crippen LogP contribution in [-0.2, 0) is 4.84 Å². The van der Waals surface area contributed by atoms with Crippen LogP contribution in [0.15, 0.2) is 19.6 Å². The van der Waals surface area contributed by atoms with Crippen LogP contribution >= 0.6 is 31.9 Å². The van der Waals surface area contributed by atoms with Crippen LogP contribution in [0.3, 0.4) is 0 Å². The summed E-state index contributed by atoms with van der Waals surface area (Å²) in [4.78, 5) is 4.57. The van der Waals surface area contributed by atoms with Crippen molar-refractivity contribution in [2.75, 3.05) is 0 Å². The summed E-state index contributed by atoms with van der Waals surface area (Å²) in [7, 11) is 0. The van der Waals surface area contributed by atoms with Crippen LogP contribution in [0.25, 0.3) is 0 Å². The number of halogens is 2. The first-order chi connectivity index (χ1) is 5.15. The molecule has 0 aromatic carbocycles. The maximum absolute atomic E-state index is 5.23. The van der Waals surface area contributed by atoms with Gasteiger partial charge in [-0.15, -0.1) is 0 Å². The third-order valence-electron chi connectivity index (χ3n) is 1.27. The van der Waals surface area contributed by atoms with Crippen molar-refractivity contribution in [3.8, 4) is 0 Å². The summed E-state index contributed by atoms with van der Waals surface area (Å²) in [5.74, 6) is 5.66. The molecule has 1 atom stereocenters. The predicted octanol–water partition coefficient (Wildman–Crippen LogP) is 2.76.